The van der Waals surface area contributed by atoms with Gasteiger partial charge in [0.05, 0.1) is 12.5 Å². The van der Waals surface area contributed by atoms with Crippen molar-refractivity contribution in [3.8, 4) is 0 Å². The molecule has 0 saturated heterocycles. The maximum Gasteiger partial charge on any atom is 0.228 e. The minimum atomic E-state index is -0.229. The average Bonchev–Trinajstić information content (AvgIpc) is 2.92. The molecule has 106 valence electrons. The molecule has 2 rings (SSSR count). The smallest absolute Gasteiger partial charge is 0.228 e. The van der Waals surface area contributed by atoms with Gasteiger partial charge in [-0.3, -0.25) is 9.48 Å². The van der Waals surface area contributed by atoms with E-state index >= 15 is 0 Å². The minimum absolute atomic E-state index is 0.0621. The summed E-state index contributed by atoms with van der Waals surface area (Å²) in [6, 6.07) is 9.42. The first-order valence-electron chi connectivity index (χ1n) is 6.69. The lowest BCUT2D eigenvalue weighted by atomic mass is 10.0. The summed E-state index contributed by atoms with van der Waals surface area (Å²) in [6.07, 6.45) is 3.63. The van der Waals surface area contributed by atoms with E-state index in [0.29, 0.717) is 6.54 Å². The van der Waals surface area contributed by atoms with E-state index in [1.165, 1.54) is 0 Å². The number of nitrogens with one attached hydrogen (secondary N) is 1. The van der Waals surface area contributed by atoms with E-state index in [1.807, 2.05) is 55.1 Å². The van der Waals surface area contributed by atoms with Gasteiger partial charge in [-0.25, -0.2) is 0 Å². The first kappa shape index (κ1) is 14.3. The molecule has 0 saturated carbocycles. The fourth-order valence-electron chi connectivity index (χ4n) is 1.83. The lowest BCUT2D eigenvalue weighted by molar-refractivity contribution is -0.119. The molecule has 0 aliphatic heterocycles. The second kappa shape index (κ2) is 6.34. The Bertz CT molecular complexity index is 563. The third kappa shape index (κ3) is 3.45. The van der Waals surface area contributed by atoms with Crippen molar-refractivity contribution in [1.82, 2.24) is 9.78 Å². The highest BCUT2D eigenvalue weighted by molar-refractivity contribution is 5.93. The highest BCUT2D eigenvalue weighted by Gasteiger charge is 2.18. The fourth-order valence-corrected chi connectivity index (χ4v) is 1.83. The number of anilines is 1. The number of nitrogens with zero attached hydrogens (tertiary/aromatic N) is 2. The zero-order valence-electron chi connectivity index (χ0n) is 11.8. The molecule has 5 nitrogen and oxygen atoms in total. The van der Waals surface area contributed by atoms with E-state index in [4.69, 9.17) is 5.73 Å². The van der Waals surface area contributed by atoms with Crippen LogP contribution in [0.25, 0.3) is 0 Å². The van der Waals surface area contributed by atoms with Gasteiger partial charge in [0.15, 0.2) is 0 Å². The molecule has 0 aliphatic carbocycles. The van der Waals surface area contributed by atoms with Crippen LogP contribution in [0.5, 0.6) is 0 Å². The molecule has 0 spiro atoms. The number of carbonyl (C=O) groups is 1. The highest BCUT2D eigenvalue weighted by atomic mass is 16.1. The third-order valence-electron chi connectivity index (χ3n) is 3.37. The zero-order valence-corrected chi connectivity index (χ0v) is 11.8. The Kier molecular flexibility index (Phi) is 4.53. The number of hydrogen-bond donors (Lipinski definition) is 2. The second-order valence-corrected chi connectivity index (χ2v) is 5.00. The Morgan fingerprint density at radius 1 is 1.35 bits per heavy atom. The minimum Gasteiger partial charge on any atom is -0.327 e. The van der Waals surface area contributed by atoms with Gasteiger partial charge < -0.3 is 11.1 Å². The Morgan fingerprint density at radius 3 is 2.75 bits per heavy atom. The third-order valence-corrected chi connectivity index (χ3v) is 3.37. The number of para-hydroxylation sites is 1. The van der Waals surface area contributed by atoms with Gasteiger partial charge in [-0.2, -0.15) is 5.10 Å². The van der Waals surface area contributed by atoms with E-state index in [-0.39, 0.29) is 17.9 Å². The van der Waals surface area contributed by atoms with E-state index in [1.54, 1.807) is 6.20 Å². The fraction of sp³-hybridized carbons (Fsp3) is 0.333. The van der Waals surface area contributed by atoms with Crippen molar-refractivity contribution in [2.45, 2.75) is 26.4 Å². The largest absolute Gasteiger partial charge is 0.327 e. The number of rotatable bonds is 5. The SMILES string of the molecule is CC(N)C(C)C(=O)Nc1ccccc1Cn1cccn1. The van der Waals surface area contributed by atoms with Gasteiger partial charge >= 0.3 is 0 Å². The summed E-state index contributed by atoms with van der Waals surface area (Å²) >= 11 is 0. The van der Waals surface area contributed by atoms with E-state index in [2.05, 4.69) is 10.4 Å². The Hall–Kier alpha value is -2.14. The second-order valence-electron chi connectivity index (χ2n) is 5.00. The number of nitrogens with two attached hydrogens (primary N) is 1. The van der Waals surface area contributed by atoms with Gasteiger partial charge in [0.25, 0.3) is 0 Å². The summed E-state index contributed by atoms with van der Waals surface area (Å²) in [5.41, 5.74) is 7.58. The monoisotopic (exact) mass is 272 g/mol. The highest BCUT2D eigenvalue weighted by Crippen LogP contribution is 2.17. The Morgan fingerprint density at radius 2 is 2.10 bits per heavy atom. The number of hydrogen-bond acceptors (Lipinski definition) is 3. The molecule has 0 fully saturated rings. The molecule has 2 aromatic rings. The number of benzene rings is 1. The first-order chi connectivity index (χ1) is 9.58. The molecule has 0 aliphatic rings. The van der Waals surface area contributed by atoms with Crippen molar-refractivity contribution >= 4 is 11.6 Å². The van der Waals surface area contributed by atoms with Crippen LogP contribution in [0.15, 0.2) is 42.7 Å². The predicted molar refractivity (Wildman–Crippen MR) is 79.2 cm³/mol. The maximum atomic E-state index is 12.1. The van der Waals surface area contributed by atoms with Crippen LogP contribution in [0.1, 0.15) is 19.4 Å². The molecule has 0 radical (unpaired) electrons. The maximum absolute atomic E-state index is 12.1. The van der Waals surface area contributed by atoms with Crippen molar-refractivity contribution < 1.29 is 4.79 Å². The van der Waals surface area contributed by atoms with Gasteiger partial charge in [0.1, 0.15) is 0 Å². The molecule has 20 heavy (non-hydrogen) atoms. The van der Waals surface area contributed by atoms with Crippen LogP contribution in [0.4, 0.5) is 5.69 Å². The topological polar surface area (TPSA) is 72.9 Å². The Labute approximate surface area is 118 Å². The van der Waals surface area contributed by atoms with Crippen LogP contribution >= 0.6 is 0 Å². The van der Waals surface area contributed by atoms with Gasteiger partial charge in [0.2, 0.25) is 5.91 Å². The van der Waals surface area contributed by atoms with Gasteiger partial charge in [-0.1, -0.05) is 25.1 Å². The molecular weight excluding hydrogens is 252 g/mol. The average molecular weight is 272 g/mol. The molecule has 1 heterocycles. The van der Waals surface area contributed by atoms with Crippen molar-refractivity contribution in [2.24, 2.45) is 11.7 Å². The summed E-state index contributed by atoms with van der Waals surface area (Å²) in [7, 11) is 0. The zero-order chi connectivity index (χ0) is 14.5. The summed E-state index contributed by atoms with van der Waals surface area (Å²) in [4.78, 5) is 12.1. The van der Waals surface area contributed by atoms with E-state index < -0.39 is 0 Å². The quantitative estimate of drug-likeness (QED) is 0.872. The molecule has 1 aromatic heterocycles. The number of amides is 1. The van der Waals surface area contributed by atoms with Gasteiger partial charge in [0, 0.05) is 24.1 Å². The molecule has 0 bridgehead atoms. The molecule has 2 atom stereocenters. The molecule has 3 N–H and O–H groups in total. The molecule has 5 heteroatoms. The molecule has 1 aromatic carbocycles. The van der Waals surface area contributed by atoms with Crippen LogP contribution < -0.4 is 11.1 Å². The lowest BCUT2D eigenvalue weighted by Gasteiger charge is -2.17. The molecule has 2 unspecified atom stereocenters. The van der Waals surface area contributed by atoms with Gasteiger partial charge in [-0.05, 0) is 24.6 Å². The Balaban J connectivity index is 2.14. The van der Waals surface area contributed by atoms with Crippen LogP contribution in [-0.2, 0) is 11.3 Å². The summed E-state index contributed by atoms with van der Waals surface area (Å²) in [5, 5.41) is 7.12. The first-order valence-corrected chi connectivity index (χ1v) is 6.69. The summed E-state index contributed by atoms with van der Waals surface area (Å²) in [6.45, 7) is 4.28. The van der Waals surface area contributed by atoms with Crippen LogP contribution in [0.3, 0.4) is 0 Å². The predicted octanol–water partition coefficient (Wildman–Crippen LogP) is 1.85. The molecular formula is C15H20N4O. The van der Waals surface area contributed by atoms with Crippen molar-refractivity contribution in [1.29, 1.82) is 0 Å². The normalized spacial score (nSPS) is 13.8. The van der Waals surface area contributed by atoms with Crippen LogP contribution in [0.2, 0.25) is 0 Å². The standard InChI is InChI=1S/C15H20N4O/c1-11(12(2)16)15(20)18-14-7-4-3-6-13(14)10-19-9-5-8-17-19/h3-9,11-12H,10,16H2,1-2H3,(H,18,20). The van der Waals surface area contributed by atoms with Crippen LogP contribution in [0, 0.1) is 5.92 Å². The lowest BCUT2D eigenvalue weighted by Crippen LogP contribution is -2.34. The number of aromatic nitrogens is 2. The van der Waals surface area contributed by atoms with Gasteiger partial charge in [-0.15, -0.1) is 0 Å². The van der Waals surface area contributed by atoms with E-state index in [0.717, 1.165) is 11.3 Å². The van der Waals surface area contributed by atoms with Crippen molar-refractivity contribution in [2.75, 3.05) is 5.32 Å². The van der Waals surface area contributed by atoms with Crippen LogP contribution in [-0.4, -0.2) is 21.7 Å². The molecule has 1 amide bonds. The summed E-state index contributed by atoms with van der Waals surface area (Å²) < 4.78 is 1.82. The van der Waals surface area contributed by atoms with Crippen molar-refractivity contribution in [3.05, 3.63) is 48.3 Å². The summed E-state index contributed by atoms with van der Waals surface area (Å²) in [5.74, 6) is -0.291. The van der Waals surface area contributed by atoms with Crippen molar-refractivity contribution in [3.63, 3.8) is 0 Å². The van der Waals surface area contributed by atoms with E-state index in [9.17, 15) is 4.79 Å². The number of carbonyl (C=O) groups excluding carboxylic acids is 1.